The molecule has 0 amide bonds. The van der Waals surface area contributed by atoms with Crippen LogP contribution in [-0.2, 0) is 11.3 Å². The molecule has 0 N–H and O–H groups in total. The summed E-state index contributed by atoms with van der Waals surface area (Å²) < 4.78 is 5.69. The van der Waals surface area contributed by atoms with E-state index in [9.17, 15) is 0 Å². The Bertz CT molecular complexity index is 310. The van der Waals surface area contributed by atoms with Crippen LogP contribution in [0.4, 0.5) is 0 Å². The Morgan fingerprint density at radius 3 is 2.62 bits per heavy atom. The number of unbranched alkanes of at least 4 members (excludes halogenated alkanes) is 2. The van der Waals surface area contributed by atoms with Crippen LogP contribution in [0, 0.1) is 12.3 Å². The van der Waals surface area contributed by atoms with Crippen molar-refractivity contribution in [1.29, 1.82) is 0 Å². The lowest BCUT2D eigenvalue weighted by Gasteiger charge is -2.11. The van der Waals surface area contributed by atoms with Crippen molar-refractivity contribution in [3.63, 3.8) is 0 Å². The largest absolute Gasteiger partial charge is 0.361 e. The van der Waals surface area contributed by atoms with Crippen molar-refractivity contribution in [1.82, 2.24) is 0 Å². The molecule has 0 bridgehead atoms. The highest BCUT2D eigenvalue weighted by atomic mass is 16.5. The zero-order chi connectivity index (χ0) is 11.6. The summed E-state index contributed by atoms with van der Waals surface area (Å²) in [4.78, 5) is 0. The van der Waals surface area contributed by atoms with Crippen molar-refractivity contribution in [3.8, 4) is 12.3 Å². The first kappa shape index (κ1) is 12.8. The molecule has 1 rings (SSSR count). The fourth-order valence-corrected chi connectivity index (χ4v) is 1.57. The van der Waals surface area contributed by atoms with Crippen LogP contribution in [0.5, 0.6) is 0 Å². The number of hydrogen-bond acceptors (Lipinski definition) is 1. The maximum absolute atomic E-state index is 5.69. The third kappa shape index (κ3) is 5.00. The number of terminal acetylenes is 1. The smallest absolute Gasteiger partial charge is 0.118 e. The number of hydrogen-bond donors (Lipinski definition) is 0. The molecule has 86 valence electrons. The summed E-state index contributed by atoms with van der Waals surface area (Å²) >= 11 is 0. The highest BCUT2D eigenvalue weighted by molar-refractivity contribution is 5.13. The monoisotopic (exact) mass is 216 g/mol. The van der Waals surface area contributed by atoms with E-state index >= 15 is 0 Å². The minimum Gasteiger partial charge on any atom is -0.361 e. The molecule has 0 aliphatic carbocycles. The van der Waals surface area contributed by atoms with E-state index in [4.69, 9.17) is 11.2 Å². The van der Waals surface area contributed by atoms with E-state index in [0.717, 1.165) is 12.8 Å². The normalized spacial score (nSPS) is 12.0. The average molecular weight is 216 g/mol. The zero-order valence-electron chi connectivity index (χ0n) is 9.99. The van der Waals surface area contributed by atoms with Gasteiger partial charge in [-0.2, -0.15) is 0 Å². The van der Waals surface area contributed by atoms with Crippen LogP contribution in [-0.4, -0.2) is 6.10 Å². The van der Waals surface area contributed by atoms with E-state index in [2.05, 4.69) is 25.0 Å². The predicted molar refractivity (Wildman–Crippen MR) is 68.0 cm³/mol. The van der Waals surface area contributed by atoms with Gasteiger partial charge in [-0.05, 0) is 18.4 Å². The van der Waals surface area contributed by atoms with Gasteiger partial charge in [-0.1, -0.05) is 56.0 Å². The zero-order valence-corrected chi connectivity index (χ0v) is 9.99. The molecule has 0 saturated heterocycles. The second kappa shape index (κ2) is 7.96. The molecule has 1 aromatic rings. The highest BCUT2D eigenvalue weighted by Gasteiger charge is 2.04. The summed E-state index contributed by atoms with van der Waals surface area (Å²) in [6.07, 6.45) is 9.98. The molecular formula is C15H20O. The molecule has 1 aromatic carbocycles. The Kier molecular flexibility index (Phi) is 6.37. The molecule has 16 heavy (non-hydrogen) atoms. The molecular weight excluding hydrogens is 196 g/mol. The summed E-state index contributed by atoms with van der Waals surface area (Å²) in [6, 6.07) is 10.1. The summed E-state index contributed by atoms with van der Waals surface area (Å²) in [6.45, 7) is 2.80. The van der Waals surface area contributed by atoms with Gasteiger partial charge in [0.25, 0.3) is 0 Å². The summed E-state index contributed by atoms with van der Waals surface area (Å²) in [7, 11) is 0. The molecule has 1 heteroatoms. The Labute approximate surface area is 98.8 Å². The van der Waals surface area contributed by atoms with Gasteiger partial charge in [-0.25, -0.2) is 0 Å². The fraction of sp³-hybridized carbons (Fsp3) is 0.467. The maximum atomic E-state index is 5.69. The lowest BCUT2D eigenvalue weighted by Crippen LogP contribution is -2.10. The van der Waals surface area contributed by atoms with Crippen LogP contribution in [0.2, 0.25) is 0 Å². The lowest BCUT2D eigenvalue weighted by molar-refractivity contribution is 0.0711. The van der Waals surface area contributed by atoms with Crippen LogP contribution < -0.4 is 0 Å². The summed E-state index contributed by atoms with van der Waals surface area (Å²) in [5, 5.41) is 0. The van der Waals surface area contributed by atoms with Gasteiger partial charge >= 0.3 is 0 Å². The molecule has 0 saturated carbocycles. The van der Waals surface area contributed by atoms with Crippen molar-refractivity contribution < 1.29 is 4.74 Å². The van der Waals surface area contributed by atoms with E-state index in [1.807, 2.05) is 18.2 Å². The maximum Gasteiger partial charge on any atom is 0.118 e. The summed E-state index contributed by atoms with van der Waals surface area (Å²) in [5.74, 6) is 2.71. The standard InChI is InChI=1S/C15H20O/c1-3-5-7-12-15(4-2)16-13-14-10-8-6-9-11-14/h2,6,8-11,15H,3,5,7,12-13H2,1H3/t15-/m1/s1. The molecule has 0 fully saturated rings. The van der Waals surface area contributed by atoms with Gasteiger partial charge in [0.1, 0.15) is 6.10 Å². The van der Waals surface area contributed by atoms with Gasteiger partial charge in [-0.15, -0.1) is 6.42 Å². The van der Waals surface area contributed by atoms with Crippen molar-refractivity contribution >= 4 is 0 Å². The quantitative estimate of drug-likeness (QED) is 0.498. The first-order valence-corrected chi connectivity index (χ1v) is 5.98. The van der Waals surface area contributed by atoms with Gasteiger partial charge in [0.05, 0.1) is 6.61 Å². The van der Waals surface area contributed by atoms with Gasteiger partial charge in [0.2, 0.25) is 0 Å². The van der Waals surface area contributed by atoms with E-state index in [1.165, 1.54) is 18.4 Å². The summed E-state index contributed by atoms with van der Waals surface area (Å²) in [5.41, 5.74) is 1.18. The first-order valence-electron chi connectivity index (χ1n) is 5.98. The molecule has 0 radical (unpaired) electrons. The Balaban J connectivity index is 2.27. The van der Waals surface area contributed by atoms with Crippen LogP contribution in [0.3, 0.4) is 0 Å². The minimum absolute atomic E-state index is 0.0354. The van der Waals surface area contributed by atoms with Crippen LogP contribution in [0.25, 0.3) is 0 Å². The average Bonchev–Trinajstić information content (AvgIpc) is 2.35. The number of ether oxygens (including phenoxy) is 1. The van der Waals surface area contributed by atoms with Gasteiger partial charge in [-0.3, -0.25) is 0 Å². The fourth-order valence-electron chi connectivity index (χ4n) is 1.57. The second-order valence-electron chi connectivity index (χ2n) is 3.95. The van der Waals surface area contributed by atoms with Crippen LogP contribution >= 0.6 is 0 Å². The topological polar surface area (TPSA) is 9.23 Å². The Morgan fingerprint density at radius 2 is 2.00 bits per heavy atom. The molecule has 0 spiro atoms. The highest BCUT2D eigenvalue weighted by Crippen LogP contribution is 2.09. The molecule has 1 atom stereocenters. The van der Waals surface area contributed by atoms with Crippen molar-refractivity contribution in [2.75, 3.05) is 0 Å². The number of rotatable bonds is 7. The molecule has 0 heterocycles. The second-order valence-corrected chi connectivity index (χ2v) is 3.95. The lowest BCUT2D eigenvalue weighted by atomic mass is 10.1. The first-order chi connectivity index (χ1) is 7.86. The van der Waals surface area contributed by atoms with Gasteiger partial charge in [0, 0.05) is 0 Å². The van der Waals surface area contributed by atoms with Crippen molar-refractivity contribution in [2.45, 2.75) is 45.3 Å². The third-order valence-electron chi connectivity index (χ3n) is 2.55. The van der Waals surface area contributed by atoms with Gasteiger partial charge < -0.3 is 4.74 Å². The molecule has 0 aromatic heterocycles. The Morgan fingerprint density at radius 1 is 1.25 bits per heavy atom. The van der Waals surface area contributed by atoms with Gasteiger partial charge in [0.15, 0.2) is 0 Å². The third-order valence-corrected chi connectivity index (χ3v) is 2.55. The van der Waals surface area contributed by atoms with E-state index in [-0.39, 0.29) is 6.10 Å². The van der Waals surface area contributed by atoms with Crippen LogP contribution in [0.15, 0.2) is 30.3 Å². The van der Waals surface area contributed by atoms with E-state index < -0.39 is 0 Å². The molecule has 0 aliphatic heterocycles. The van der Waals surface area contributed by atoms with E-state index in [1.54, 1.807) is 0 Å². The van der Waals surface area contributed by atoms with Crippen molar-refractivity contribution in [3.05, 3.63) is 35.9 Å². The molecule has 0 unspecified atom stereocenters. The number of benzene rings is 1. The minimum atomic E-state index is -0.0354. The molecule has 0 aliphatic rings. The predicted octanol–water partition coefficient (Wildman–Crippen LogP) is 3.79. The SMILES string of the molecule is C#C[C@H](CCCCC)OCc1ccccc1. The van der Waals surface area contributed by atoms with E-state index in [0.29, 0.717) is 6.61 Å². The van der Waals surface area contributed by atoms with Crippen LogP contribution in [0.1, 0.15) is 38.2 Å². The van der Waals surface area contributed by atoms with Crippen molar-refractivity contribution in [2.24, 2.45) is 0 Å². The molecule has 1 nitrogen and oxygen atoms in total. The Hall–Kier alpha value is -1.26.